The largest absolute Gasteiger partial charge is 0.309 e. The highest BCUT2D eigenvalue weighted by Gasteiger charge is 2.20. The summed E-state index contributed by atoms with van der Waals surface area (Å²) in [6, 6.07) is 77.9. The monoisotopic (exact) mass is 697 g/mol. The molecule has 55 heavy (non-hydrogen) atoms. The SMILES string of the molecule is c1ccc(-c2cc(-c3ccccc3)cc(-c3c4ccccc4c(-c4ccc(-n5c6ccccc6c6ccccc65)cc4)c4cc5ccccc5cc34)c2)cc1. The minimum absolute atomic E-state index is 1.16. The van der Waals surface area contributed by atoms with Gasteiger partial charge in [-0.2, -0.15) is 0 Å². The highest BCUT2D eigenvalue weighted by Crippen LogP contribution is 2.46. The van der Waals surface area contributed by atoms with Crippen LogP contribution in [0.4, 0.5) is 0 Å². The number of benzene rings is 10. The van der Waals surface area contributed by atoms with Crippen LogP contribution in [-0.4, -0.2) is 4.57 Å². The summed E-state index contributed by atoms with van der Waals surface area (Å²) < 4.78 is 2.39. The van der Waals surface area contributed by atoms with Crippen molar-refractivity contribution in [1.82, 2.24) is 4.57 Å². The Labute approximate surface area is 320 Å². The molecule has 0 spiro atoms. The Morgan fingerprint density at radius 1 is 0.236 bits per heavy atom. The van der Waals surface area contributed by atoms with Crippen LogP contribution in [-0.2, 0) is 0 Å². The maximum absolute atomic E-state index is 2.42. The molecule has 10 aromatic carbocycles. The summed E-state index contributed by atoms with van der Waals surface area (Å²) in [6.45, 7) is 0. The Balaban J connectivity index is 1.19. The normalized spacial score (nSPS) is 11.6. The molecule has 0 aliphatic carbocycles. The highest BCUT2D eigenvalue weighted by atomic mass is 15.0. The minimum Gasteiger partial charge on any atom is -0.309 e. The second kappa shape index (κ2) is 12.7. The van der Waals surface area contributed by atoms with Gasteiger partial charge in [-0.1, -0.05) is 158 Å². The van der Waals surface area contributed by atoms with E-state index >= 15 is 0 Å². The second-order valence-electron chi connectivity index (χ2n) is 14.5. The maximum atomic E-state index is 2.42. The van der Waals surface area contributed by atoms with E-state index < -0.39 is 0 Å². The Kier molecular flexibility index (Phi) is 7.25. The average Bonchev–Trinajstić information content (AvgIpc) is 3.60. The van der Waals surface area contributed by atoms with Crippen molar-refractivity contribution in [3.8, 4) is 50.2 Å². The molecular formula is C54H35N. The third-order valence-corrected chi connectivity index (χ3v) is 11.3. The van der Waals surface area contributed by atoms with Gasteiger partial charge in [-0.15, -0.1) is 0 Å². The molecule has 11 rings (SSSR count). The Morgan fingerprint density at radius 3 is 1.15 bits per heavy atom. The minimum atomic E-state index is 1.16. The number of rotatable bonds is 5. The average molecular weight is 698 g/mol. The molecule has 0 fully saturated rings. The molecule has 0 N–H and O–H groups in total. The molecule has 0 saturated heterocycles. The third kappa shape index (κ3) is 5.16. The second-order valence-corrected chi connectivity index (χ2v) is 14.5. The van der Waals surface area contributed by atoms with Gasteiger partial charge in [0.1, 0.15) is 0 Å². The molecule has 0 aliphatic heterocycles. The van der Waals surface area contributed by atoms with Crippen molar-refractivity contribution in [3.05, 3.63) is 212 Å². The van der Waals surface area contributed by atoms with Crippen molar-refractivity contribution in [2.24, 2.45) is 0 Å². The molecule has 0 amide bonds. The van der Waals surface area contributed by atoms with Crippen LogP contribution < -0.4 is 0 Å². The van der Waals surface area contributed by atoms with Gasteiger partial charge in [0.2, 0.25) is 0 Å². The van der Waals surface area contributed by atoms with Gasteiger partial charge in [0, 0.05) is 16.5 Å². The summed E-state index contributed by atoms with van der Waals surface area (Å²) in [7, 11) is 0. The van der Waals surface area contributed by atoms with Gasteiger partial charge in [0.25, 0.3) is 0 Å². The lowest BCUT2D eigenvalue weighted by molar-refractivity contribution is 1.18. The Bertz CT molecular complexity index is 3110. The number of nitrogens with zero attached hydrogens (tertiary/aromatic N) is 1. The first-order chi connectivity index (χ1) is 27.3. The zero-order valence-electron chi connectivity index (χ0n) is 30.2. The molecule has 0 radical (unpaired) electrons. The lowest BCUT2D eigenvalue weighted by Gasteiger charge is -2.20. The molecule has 0 aliphatic rings. The third-order valence-electron chi connectivity index (χ3n) is 11.3. The predicted octanol–water partition coefficient (Wildman–Crippen LogP) is 14.9. The van der Waals surface area contributed by atoms with Crippen molar-refractivity contribution in [1.29, 1.82) is 0 Å². The van der Waals surface area contributed by atoms with Crippen molar-refractivity contribution in [3.63, 3.8) is 0 Å². The zero-order chi connectivity index (χ0) is 36.3. The van der Waals surface area contributed by atoms with E-state index in [-0.39, 0.29) is 0 Å². The quantitative estimate of drug-likeness (QED) is 0.158. The molecular weight excluding hydrogens is 663 g/mol. The van der Waals surface area contributed by atoms with Crippen molar-refractivity contribution in [2.45, 2.75) is 0 Å². The van der Waals surface area contributed by atoms with Crippen LogP contribution in [0.5, 0.6) is 0 Å². The van der Waals surface area contributed by atoms with Crippen molar-refractivity contribution >= 4 is 54.1 Å². The van der Waals surface area contributed by atoms with Crippen LogP contribution in [0.15, 0.2) is 212 Å². The van der Waals surface area contributed by atoms with E-state index in [2.05, 4.69) is 217 Å². The number of hydrogen-bond acceptors (Lipinski definition) is 0. The molecule has 1 heteroatoms. The first kappa shape index (κ1) is 31.3. The first-order valence-electron chi connectivity index (χ1n) is 19.0. The van der Waals surface area contributed by atoms with Crippen LogP contribution in [0.1, 0.15) is 0 Å². The molecule has 11 aromatic rings. The fourth-order valence-electron chi connectivity index (χ4n) is 8.83. The molecule has 0 unspecified atom stereocenters. The molecule has 256 valence electrons. The van der Waals surface area contributed by atoms with E-state index in [0.29, 0.717) is 0 Å². The molecule has 1 heterocycles. The van der Waals surface area contributed by atoms with Crippen molar-refractivity contribution in [2.75, 3.05) is 0 Å². The standard InChI is InChI=1S/C54H35N/c1-3-15-36(16-4-1)41-31-42(37-17-5-2-6-18-37)33-43(32-41)54-48-24-10-9-23-47(48)53(49-34-39-19-7-8-20-40(39)35-50(49)54)38-27-29-44(30-28-38)55-51-25-13-11-21-45(51)46-22-12-14-26-52(46)55/h1-35H. The number of aromatic nitrogens is 1. The number of fused-ring (bicyclic) bond motifs is 6. The van der Waals surface area contributed by atoms with Crippen molar-refractivity contribution < 1.29 is 0 Å². The molecule has 0 atom stereocenters. The number of hydrogen-bond donors (Lipinski definition) is 0. The summed E-state index contributed by atoms with van der Waals surface area (Å²) in [5.41, 5.74) is 13.4. The lowest BCUT2D eigenvalue weighted by atomic mass is 9.83. The fraction of sp³-hybridized carbons (Fsp3) is 0. The summed E-state index contributed by atoms with van der Waals surface area (Å²) >= 11 is 0. The zero-order valence-corrected chi connectivity index (χ0v) is 30.2. The van der Waals surface area contributed by atoms with Crippen LogP contribution in [0.3, 0.4) is 0 Å². The van der Waals surface area contributed by atoms with Crippen LogP contribution in [0.25, 0.3) is 104 Å². The van der Waals surface area contributed by atoms with E-state index in [9.17, 15) is 0 Å². The van der Waals surface area contributed by atoms with Gasteiger partial charge in [-0.25, -0.2) is 0 Å². The lowest BCUT2D eigenvalue weighted by Crippen LogP contribution is -1.95. The van der Waals surface area contributed by atoms with Crippen LogP contribution in [0, 0.1) is 0 Å². The van der Waals surface area contributed by atoms with Crippen LogP contribution >= 0.6 is 0 Å². The van der Waals surface area contributed by atoms with E-state index in [1.807, 2.05) is 0 Å². The van der Waals surface area contributed by atoms with Gasteiger partial charge in [0.05, 0.1) is 11.0 Å². The molecule has 0 saturated carbocycles. The van der Waals surface area contributed by atoms with Gasteiger partial charge >= 0.3 is 0 Å². The first-order valence-corrected chi connectivity index (χ1v) is 19.0. The topological polar surface area (TPSA) is 4.93 Å². The maximum Gasteiger partial charge on any atom is 0.0541 e. The summed E-state index contributed by atoms with van der Waals surface area (Å²) in [5, 5.41) is 10.0. The summed E-state index contributed by atoms with van der Waals surface area (Å²) in [5.74, 6) is 0. The Hall–Kier alpha value is -7.22. The predicted molar refractivity (Wildman–Crippen MR) is 235 cm³/mol. The number of para-hydroxylation sites is 2. The summed E-state index contributed by atoms with van der Waals surface area (Å²) in [4.78, 5) is 0. The van der Waals surface area contributed by atoms with E-state index in [1.54, 1.807) is 0 Å². The Morgan fingerprint density at radius 2 is 0.636 bits per heavy atom. The van der Waals surface area contributed by atoms with Gasteiger partial charge < -0.3 is 4.57 Å². The summed E-state index contributed by atoms with van der Waals surface area (Å²) in [6.07, 6.45) is 0. The molecule has 0 bridgehead atoms. The molecule has 1 nitrogen and oxygen atoms in total. The fourth-order valence-corrected chi connectivity index (χ4v) is 8.83. The van der Waals surface area contributed by atoms with Crippen LogP contribution in [0.2, 0.25) is 0 Å². The van der Waals surface area contributed by atoms with E-state index in [0.717, 1.165) is 5.69 Å². The smallest absolute Gasteiger partial charge is 0.0541 e. The molecule has 1 aromatic heterocycles. The van der Waals surface area contributed by atoms with E-state index in [4.69, 9.17) is 0 Å². The highest BCUT2D eigenvalue weighted by molar-refractivity contribution is 6.24. The van der Waals surface area contributed by atoms with Gasteiger partial charge in [-0.05, 0) is 131 Å². The van der Waals surface area contributed by atoms with Gasteiger partial charge in [-0.3, -0.25) is 0 Å². The van der Waals surface area contributed by atoms with E-state index in [1.165, 1.54) is 98.6 Å². The van der Waals surface area contributed by atoms with Gasteiger partial charge in [0.15, 0.2) is 0 Å².